The third-order valence-electron chi connectivity index (χ3n) is 3.15. The lowest BCUT2D eigenvalue weighted by Crippen LogP contribution is -2.42. The zero-order valence-electron chi connectivity index (χ0n) is 9.77. The van der Waals surface area contributed by atoms with Crippen LogP contribution in [0.2, 0.25) is 0 Å². The van der Waals surface area contributed by atoms with Crippen molar-refractivity contribution in [3.05, 3.63) is 10.6 Å². The van der Waals surface area contributed by atoms with Gasteiger partial charge in [-0.1, -0.05) is 11.4 Å². The van der Waals surface area contributed by atoms with Gasteiger partial charge in [-0.2, -0.15) is 0 Å². The van der Waals surface area contributed by atoms with Gasteiger partial charge in [0.05, 0.1) is 5.69 Å². The van der Waals surface area contributed by atoms with E-state index in [0.29, 0.717) is 6.04 Å². The van der Waals surface area contributed by atoms with Gasteiger partial charge in [0.15, 0.2) is 0 Å². The van der Waals surface area contributed by atoms with E-state index in [1.54, 1.807) is 0 Å². The van der Waals surface area contributed by atoms with Gasteiger partial charge in [-0.05, 0) is 44.1 Å². The first kappa shape index (κ1) is 11.5. The number of carbonyl (C=O) groups excluding carboxylic acids is 1. The maximum absolute atomic E-state index is 12.3. The molecular formula is C11H17N3OS. The summed E-state index contributed by atoms with van der Waals surface area (Å²) in [5, 5.41) is 4.00. The number of rotatable bonds is 2. The molecule has 2 heterocycles. The molecule has 1 aromatic rings. The van der Waals surface area contributed by atoms with Crippen molar-refractivity contribution in [2.45, 2.75) is 45.6 Å². The molecule has 0 spiro atoms. The van der Waals surface area contributed by atoms with Crippen molar-refractivity contribution in [1.82, 2.24) is 14.5 Å². The molecule has 1 aromatic heterocycles. The summed E-state index contributed by atoms with van der Waals surface area (Å²) in [6, 6.07) is 0.355. The molecule has 0 bridgehead atoms. The topological polar surface area (TPSA) is 46.1 Å². The Labute approximate surface area is 99.8 Å². The number of amides is 1. The van der Waals surface area contributed by atoms with E-state index in [-0.39, 0.29) is 5.91 Å². The van der Waals surface area contributed by atoms with Gasteiger partial charge < -0.3 is 4.90 Å². The Hall–Kier alpha value is -0.970. The summed E-state index contributed by atoms with van der Waals surface area (Å²) in [7, 11) is 0. The van der Waals surface area contributed by atoms with Gasteiger partial charge in [0.1, 0.15) is 4.88 Å². The molecule has 4 nitrogen and oxygen atoms in total. The lowest BCUT2D eigenvalue weighted by atomic mass is 10.0. The fourth-order valence-electron chi connectivity index (χ4n) is 2.13. The van der Waals surface area contributed by atoms with Gasteiger partial charge in [0.25, 0.3) is 5.91 Å². The minimum atomic E-state index is 0.124. The molecule has 2 rings (SSSR count). The summed E-state index contributed by atoms with van der Waals surface area (Å²) in [6.45, 7) is 5.01. The first-order valence-corrected chi connectivity index (χ1v) is 6.63. The summed E-state index contributed by atoms with van der Waals surface area (Å²) in [4.78, 5) is 15.0. The van der Waals surface area contributed by atoms with E-state index in [1.807, 2.05) is 11.8 Å². The molecule has 0 saturated carbocycles. The lowest BCUT2D eigenvalue weighted by molar-refractivity contribution is 0.0639. The molecule has 0 N–H and O–H groups in total. The first-order valence-electron chi connectivity index (χ1n) is 5.86. The highest BCUT2D eigenvalue weighted by Gasteiger charge is 2.27. The van der Waals surface area contributed by atoms with Crippen LogP contribution in [0.4, 0.5) is 0 Å². The molecule has 5 heteroatoms. The second-order valence-corrected chi connectivity index (χ2v) is 5.00. The average molecular weight is 239 g/mol. The van der Waals surface area contributed by atoms with E-state index in [0.717, 1.165) is 36.4 Å². The average Bonchev–Trinajstić information content (AvgIpc) is 2.77. The second-order valence-electron chi connectivity index (χ2n) is 4.25. The fraction of sp³-hybridized carbons (Fsp3) is 0.727. The molecule has 1 saturated heterocycles. The second kappa shape index (κ2) is 4.91. The Kier molecular flexibility index (Phi) is 3.53. The molecular weight excluding hydrogens is 222 g/mol. The standard InChI is InChI=1S/C11H17N3OS/c1-3-9-10(16-13-12-9)11(15)14-7-5-4-6-8(14)2/h8H,3-7H2,1-2H3. The molecule has 0 aliphatic carbocycles. The van der Waals surface area contributed by atoms with Crippen LogP contribution in [0, 0.1) is 0 Å². The molecule has 88 valence electrons. The summed E-state index contributed by atoms with van der Waals surface area (Å²) in [5.41, 5.74) is 0.841. The van der Waals surface area contributed by atoms with Crippen molar-refractivity contribution >= 4 is 17.4 Å². The van der Waals surface area contributed by atoms with Crippen molar-refractivity contribution in [2.75, 3.05) is 6.54 Å². The number of aryl methyl sites for hydroxylation is 1. The number of hydrogen-bond acceptors (Lipinski definition) is 4. The Balaban J connectivity index is 2.17. The van der Waals surface area contributed by atoms with Gasteiger partial charge in [0.2, 0.25) is 0 Å². The van der Waals surface area contributed by atoms with Crippen LogP contribution < -0.4 is 0 Å². The minimum Gasteiger partial charge on any atom is -0.335 e. The van der Waals surface area contributed by atoms with Crippen LogP contribution in [0.1, 0.15) is 48.5 Å². The van der Waals surface area contributed by atoms with Gasteiger partial charge in [-0.15, -0.1) is 5.10 Å². The number of hydrogen-bond donors (Lipinski definition) is 0. The van der Waals surface area contributed by atoms with Crippen LogP contribution in [0.3, 0.4) is 0 Å². The van der Waals surface area contributed by atoms with E-state index in [4.69, 9.17) is 0 Å². The summed E-state index contributed by atoms with van der Waals surface area (Å²) in [6.07, 6.45) is 4.23. The highest BCUT2D eigenvalue weighted by molar-refractivity contribution is 7.08. The van der Waals surface area contributed by atoms with Gasteiger partial charge in [0, 0.05) is 12.6 Å². The Morgan fingerprint density at radius 2 is 2.38 bits per heavy atom. The number of carbonyl (C=O) groups is 1. The molecule has 1 fully saturated rings. The Bertz CT molecular complexity index is 377. The third kappa shape index (κ3) is 2.09. The van der Waals surface area contributed by atoms with Crippen LogP contribution in [0.5, 0.6) is 0 Å². The molecule has 1 aliphatic heterocycles. The highest BCUT2D eigenvalue weighted by Crippen LogP contribution is 2.21. The Morgan fingerprint density at radius 3 is 3.06 bits per heavy atom. The predicted molar refractivity (Wildman–Crippen MR) is 63.6 cm³/mol. The lowest BCUT2D eigenvalue weighted by Gasteiger charge is -2.33. The van der Waals surface area contributed by atoms with Gasteiger partial charge in [-0.25, -0.2) is 0 Å². The van der Waals surface area contributed by atoms with E-state index < -0.39 is 0 Å². The molecule has 1 aliphatic rings. The van der Waals surface area contributed by atoms with Crippen LogP contribution in [-0.4, -0.2) is 33.0 Å². The van der Waals surface area contributed by atoms with E-state index in [2.05, 4.69) is 16.5 Å². The number of aromatic nitrogens is 2. The molecule has 1 amide bonds. The zero-order valence-corrected chi connectivity index (χ0v) is 10.6. The van der Waals surface area contributed by atoms with Crippen LogP contribution >= 0.6 is 11.5 Å². The fourth-order valence-corrected chi connectivity index (χ4v) is 2.84. The molecule has 0 radical (unpaired) electrons. The Morgan fingerprint density at radius 1 is 1.56 bits per heavy atom. The quantitative estimate of drug-likeness (QED) is 0.794. The van der Waals surface area contributed by atoms with Crippen molar-refractivity contribution in [1.29, 1.82) is 0 Å². The molecule has 16 heavy (non-hydrogen) atoms. The largest absolute Gasteiger partial charge is 0.335 e. The van der Waals surface area contributed by atoms with Crippen molar-refractivity contribution < 1.29 is 4.79 Å². The zero-order chi connectivity index (χ0) is 11.5. The smallest absolute Gasteiger partial charge is 0.267 e. The van der Waals surface area contributed by atoms with Crippen LogP contribution in [-0.2, 0) is 6.42 Å². The third-order valence-corrected chi connectivity index (χ3v) is 3.90. The summed E-state index contributed by atoms with van der Waals surface area (Å²) >= 11 is 1.23. The van der Waals surface area contributed by atoms with Gasteiger partial charge >= 0.3 is 0 Å². The first-order chi connectivity index (χ1) is 7.74. The van der Waals surface area contributed by atoms with E-state index in [9.17, 15) is 4.79 Å². The molecule has 0 aromatic carbocycles. The number of likely N-dealkylation sites (tertiary alicyclic amines) is 1. The summed E-state index contributed by atoms with van der Waals surface area (Å²) in [5.74, 6) is 0.124. The number of nitrogens with zero attached hydrogens (tertiary/aromatic N) is 3. The molecule has 1 unspecified atom stereocenters. The highest BCUT2D eigenvalue weighted by atomic mass is 32.1. The van der Waals surface area contributed by atoms with E-state index >= 15 is 0 Å². The predicted octanol–water partition coefficient (Wildman–Crippen LogP) is 2.12. The van der Waals surface area contributed by atoms with Crippen molar-refractivity contribution in [3.8, 4) is 0 Å². The van der Waals surface area contributed by atoms with Gasteiger partial charge in [-0.3, -0.25) is 4.79 Å². The van der Waals surface area contributed by atoms with Crippen LogP contribution in [0.15, 0.2) is 0 Å². The summed E-state index contributed by atoms with van der Waals surface area (Å²) < 4.78 is 3.88. The van der Waals surface area contributed by atoms with Crippen LogP contribution in [0.25, 0.3) is 0 Å². The maximum atomic E-state index is 12.3. The van der Waals surface area contributed by atoms with E-state index in [1.165, 1.54) is 18.0 Å². The van der Waals surface area contributed by atoms with Crippen molar-refractivity contribution in [3.63, 3.8) is 0 Å². The maximum Gasteiger partial charge on any atom is 0.267 e. The minimum absolute atomic E-state index is 0.124. The SMILES string of the molecule is CCc1nnsc1C(=O)N1CCCCC1C. The normalized spacial score (nSPS) is 21.1. The van der Waals surface area contributed by atoms with Crippen molar-refractivity contribution in [2.24, 2.45) is 0 Å². The monoisotopic (exact) mass is 239 g/mol. The number of piperidine rings is 1. The molecule has 1 atom stereocenters.